The fraction of sp³-hybridized carbons (Fsp3) is 0.238. The van der Waals surface area contributed by atoms with Crippen molar-refractivity contribution in [1.82, 2.24) is 14.2 Å². The zero-order valence-corrected chi connectivity index (χ0v) is 16.4. The number of amides is 2. The molecule has 2 aromatic carbocycles. The topological polar surface area (TPSA) is 88.5 Å². The molecule has 0 spiro atoms. The summed E-state index contributed by atoms with van der Waals surface area (Å²) in [7, 11) is -3.96. The molecule has 2 aliphatic heterocycles. The predicted molar refractivity (Wildman–Crippen MR) is 107 cm³/mol. The zero-order valence-electron chi connectivity index (χ0n) is 15.5. The first-order valence-corrected chi connectivity index (χ1v) is 11.0. The number of carbonyl (C=O) groups is 2. The van der Waals surface area contributed by atoms with Crippen LogP contribution in [0.2, 0.25) is 0 Å². The largest absolute Gasteiger partial charge is 0.331 e. The lowest BCUT2D eigenvalue weighted by Gasteiger charge is -2.38. The Balaban J connectivity index is 1.52. The molecular formula is C21H19N3O4S. The van der Waals surface area contributed by atoms with Crippen LogP contribution in [0.4, 0.5) is 4.79 Å². The van der Waals surface area contributed by atoms with Crippen LogP contribution >= 0.6 is 0 Å². The number of fused-ring (bicyclic) bond motifs is 3. The fourth-order valence-electron chi connectivity index (χ4n) is 4.48. The van der Waals surface area contributed by atoms with Crippen LogP contribution in [0.5, 0.6) is 0 Å². The van der Waals surface area contributed by atoms with Gasteiger partial charge in [0.1, 0.15) is 0 Å². The molecule has 1 N–H and O–H groups in total. The average molecular weight is 409 g/mol. The summed E-state index contributed by atoms with van der Waals surface area (Å²) in [6, 6.07) is 14.6. The molecule has 1 aromatic heterocycles. The summed E-state index contributed by atoms with van der Waals surface area (Å²) >= 11 is 0. The first-order valence-electron chi connectivity index (χ1n) is 9.51. The highest BCUT2D eigenvalue weighted by Crippen LogP contribution is 2.42. The molecule has 0 radical (unpaired) electrons. The van der Waals surface area contributed by atoms with Crippen LogP contribution in [0.3, 0.4) is 0 Å². The Kier molecular flexibility index (Phi) is 3.99. The molecule has 0 saturated heterocycles. The van der Waals surface area contributed by atoms with Gasteiger partial charge in [-0.1, -0.05) is 36.4 Å². The summed E-state index contributed by atoms with van der Waals surface area (Å²) in [6.07, 6.45) is 1.37. The minimum absolute atomic E-state index is 0.0119. The molecule has 0 saturated carbocycles. The van der Waals surface area contributed by atoms with Gasteiger partial charge in [-0.15, -0.1) is 0 Å². The van der Waals surface area contributed by atoms with Crippen molar-refractivity contribution in [1.29, 1.82) is 0 Å². The highest BCUT2D eigenvalue weighted by molar-refractivity contribution is 7.90. The lowest BCUT2D eigenvalue weighted by atomic mass is 9.92. The van der Waals surface area contributed by atoms with Crippen molar-refractivity contribution in [3.05, 3.63) is 65.9 Å². The molecule has 8 heteroatoms. The van der Waals surface area contributed by atoms with Gasteiger partial charge >= 0.3 is 6.03 Å². The van der Waals surface area contributed by atoms with Crippen molar-refractivity contribution in [2.24, 2.45) is 0 Å². The number of aromatic nitrogens is 1. The van der Waals surface area contributed by atoms with Gasteiger partial charge in [-0.25, -0.2) is 17.9 Å². The van der Waals surface area contributed by atoms with Crippen molar-refractivity contribution in [2.45, 2.75) is 30.2 Å². The van der Waals surface area contributed by atoms with Crippen LogP contribution in [0.1, 0.15) is 34.9 Å². The third-order valence-corrected chi connectivity index (χ3v) is 7.07. The van der Waals surface area contributed by atoms with Crippen LogP contribution in [0, 0.1) is 0 Å². The molecule has 5 rings (SSSR count). The Morgan fingerprint density at radius 2 is 1.72 bits per heavy atom. The number of carbonyl (C=O) groups excluding carboxylic acids is 2. The molecule has 148 valence electrons. The quantitative estimate of drug-likeness (QED) is 0.705. The number of para-hydroxylation sites is 1. The molecule has 1 atom stereocenters. The second-order valence-corrected chi connectivity index (χ2v) is 9.01. The normalized spacial score (nSPS) is 18.6. The minimum atomic E-state index is -3.96. The molecule has 29 heavy (non-hydrogen) atoms. The van der Waals surface area contributed by atoms with Gasteiger partial charge in [0.25, 0.3) is 10.0 Å². The highest BCUT2D eigenvalue weighted by atomic mass is 32.2. The lowest BCUT2D eigenvalue weighted by Crippen LogP contribution is -2.49. The molecule has 1 unspecified atom stereocenters. The van der Waals surface area contributed by atoms with E-state index >= 15 is 0 Å². The second kappa shape index (κ2) is 6.45. The van der Waals surface area contributed by atoms with E-state index in [2.05, 4.69) is 4.72 Å². The maximum Gasteiger partial charge on any atom is 0.331 e. The number of nitrogens with one attached hydrogen (secondary N) is 1. The first kappa shape index (κ1) is 17.9. The fourth-order valence-corrected chi connectivity index (χ4v) is 5.46. The number of rotatable bonds is 2. The third-order valence-electron chi connectivity index (χ3n) is 5.73. The monoisotopic (exact) mass is 409 g/mol. The van der Waals surface area contributed by atoms with Crippen molar-refractivity contribution < 1.29 is 18.0 Å². The first-order chi connectivity index (χ1) is 14.0. The maximum atomic E-state index is 12.9. The highest BCUT2D eigenvalue weighted by Gasteiger charge is 2.40. The summed E-state index contributed by atoms with van der Waals surface area (Å²) in [5.74, 6) is 0.0119. The van der Waals surface area contributed by atoms with Crippen LogP contribution < -0.4 is 4.72 Å². The lowest BCUT2D eigenvalue weighted by molar-refractivity contribution is 0.0833. The SMILES string of the molecule is O=C(NS(=O)(=O)c1ccccc1)N1CCc2c3n(c4ccccc24)C(=O)CCC31. The van der Waals surface area contributed by atoms with Crippen LogP contribution in [0.25, 0.3) is 10.9 Å². The van der Waals surface area contributed by atoms with Gasteiger partial charge in [-0.3, -0.25) is 9.36 Å². The minimum Gasteiger partial charge on any atom is -0.315 e. The standard InChI is InChI=1S/C21H19N3O4S/c25-19-11-10-18-20-16(15-8-4-5-9-17(15)24(19)20)12-13-23(18)21(26)22-29(27,28)14-6-2-1-3-7-14/h1-9,18H,10-13H2,(H,22,26). The van der Waals surface area contributed by atoms with Gasteiger partial charge in [-0.05, 0) is 36.6 Å². The molecule has 3 aromatic rings. The average Bonchev–Trinajstić information content (AvgIpc) is 3.07. The van der Waals surface area contributed by atoms with Crippen molar-refractivity contribution >= 4 is 32.9 Å². The molecule has 7 nitrogen and oxygen atoms in total. The number of benzene rings is 2. The zero-order chi connectivity index (χ0) is 20.2. The predicted octanol–water partition coefficient (Wildman–Crippen LogP) is 3.07. The van der Waals surface area contributed by atoms with Gasteiger partial charge in [0, 0.05) is 18.4 Å². The van der Waals surface area contributed by atoms with Gasteiger partial charge in [0.15, 0.2) is 0 Å². The Labute approximate surface area is 168 Å². The van der Waals surface area contributed by atoms with E-state index < -0.39 is 16.1 Å². The van der Waals surface area contributed by atoms with E-state index in [4.69, 9.17) is 0 Å². The van der Waals surface area contributed by atoms with E-state index in [1.165, 1.54) is 12.1 Å². The molecule has 0 fully saturated rings. The summed E-state index contributed by atoms with van der Waals surface area (Å²) < 4.78 is 29.1. The molecule has 0 aliphatic carbocycles. The van der Waals surface area contributed by atoms with E-state index in [9.17, 15) is 18.0 Å². The van der Waals surface area contributed by atoms with E-state index in [0.29, 0.717) is 25.8 Å². The van der Waals surface area contributed by atoms with Gasteiger partial charge in [0.05, 0.1) is 22.1 Å². The van der Waals surface area contributed by atoms with Gasteiger partial charge < -0.3 is 4.90 Å². The van der Waals surface area contributed by atoms with Gasteiger partial charge in [0.2, 0.25) is 5.91 Å². The number of urea groups is 1. The number of hydrogen-bond donors (Lipinski definition) is 1. The third kappa shape index (κ3) is 2.74. The smallest absolute Gasteiger partial charge is 0.315 e. The molecule has 3 heterocycles. The Hall–Kier alpha value is -3.13. The molecule has 0 bridgehead atoms. The summed E-state index contributed by atoms with van der Waals surface area (Å²) in [5.41, 5.74) is 2.75. The number of hydrogen-bond acceptors (Lipinski definition) is 4. The van der Waals surface area contributed by atoms with E-state index in [0.717, 1.165) is 22.2 Å². The van der Waals surface area contributed by atoms with Crippen molar-refractivity contribution in [3.63, 3.8) is 0 Å². The van der Waals surface area contributed by atoms with E-state index in [1.807, 2.05) is 24.3 Å². The maximum absolute atomic E-state index is 12.9. The van der Waals surface area contributed by atoms with Crippen molar-refractivity contribution in [3.8, 4) is 0 Å². The van der Waals surface area contributed by atoms with Crippen LogP contribution in [-0.4, -0.2) is 36.4 Å². The summed E-state index contributed by atoms with van der Waals surface area (Å²) in [5, 5.41) is 1.03. The summed E-state index contributed by atoms with van der Waals surface area (Å²) in [6.45, 7) is 0.399. The van der Waals surface area contributed by atoms with Crippen LogP contribution in [-0.2, 0) is 16.4 Å². The van der Waals surface area contributed by atoms with E-state index in [-0.39, 0.29) is 16.8 Å². The second-order valence-electron chi connectivity index (χ2n) is 7.33. The molecular weight excluding hydrogens is 390 g/mol. The Morgan fingerprint density at radius 1 is 1.00 bits per heavy atom. The number of sulfonamides is 1. The number of nitrogens with zero attached hydrogens (tertiary/aromatic N) is 2. The molecule has 2 aliphatic rings. The Bertz CT molecular complexity index is 1250. The molecule has 2 amide bonds. The van der Waals surface area contributed by atoms with Crippen LogP contribution in [0.15, 0.2) is 59.5 Å². The van der Waals surface area contributed by atoms with E-state index in [1.54, 1.807) is 27.7 Å². The van der Waals surface area contributed by atoms with Crippen molar-refractivity contribution in [2.75, 3.05) is 6.54 Å². The summed E-state index contributed by atoms with van der Waals surface area (Å²) in [4.78, 5) is 27.2. The van der Waals surface area contributed by atoms with Gasteiger partial charge in [-0.2, -0.15) is 0 Å². The Morgan fingerprint density at radius 3 is 2.52 bits per heavy atom.